The number of hydrogen-bond acceptors (Lipinski definition) is 8. The SMILES string of the molecule is CCCCC1(CCCC)CN(c2ccccc2)c2cc(SC)c(OCC(=O)NC(C(=O)NCC(=O)O)c3ccccc3)cc2[S+]([O-])N1. The summed E-state index contributed by atoms with van der Waals surface area (Å²) in [6.07, 6.45) is 7.75. The van der Waals surface area contributed by atoms with Gasteiger partial charge in [0, 0.05) is 18.3 Å². The van der Waals surface area contributed by atoms with Crippen molar-refractivity contribution < 1.29 is 28.8 Å². The number of rotatable bonds is 16. The zero-order valence-corrected chi connectivity index (χ0v) is 28.8. The number of benzene rings is 3. The largest absolute Gasteiger partial charge is 0.593 e. The van der Waals surface area contributed by atoms with Gasteiger partial charge in [-0.25, -0.2) is 0 Å². The molecule has 2 unspecified atom stereocenters. The molecule has 4 N–H and O–H groups in total. The molecule has 12 heteroatoms. The summed E-state index contributed by atoms with van der Waals surface area (Å²) in [6, 6.07) is 21.3. The van der Waals surface area contributed by atoms with Crippen LogP contribution in [0.15, 0.2) is 82.6 Å². The quantitative estimate of drug-likeness (QED) is 0.110. The predicted octanol–water partition coefficient (Wildman–Crippen LogP) is 5.73. The van der Waals surface area contributed by atoms with E-state index in [-0.39, 0.29) is 5.54 Å². The Labute approximate surface area is 284 Å². The second kappa shape index (κ2) is 17.4. The number of hydrogen-bond donors (Lipinski definition) is 4. The number of para-hydroxylation sites is 1. The molecule has 1 heterocycles. The molecule has 0 aliphatic carbocycles. The Kier molecular flexibility index (Phi) is 13.4. The minimum Gasteiger partial charge on any atom is -0.593 e. The van der Waals surface area contributed by atoms with E-state index < -0.39 is 48.3 Å². The van der Waals surface area contributed by atoms with Crippen molar-refractivity contribution in [2.75, 3.05) is 30.9 Å². The van der Waals surface area contributed by atoms with Crippen molar-refractivity contribution in [3.63, 3.8) is 0 Å². The zero-order valence-electron chi connectivity index (χ0n) is 27.1. The molecule has 0 spiro atoms. The molecule has 2 atom stereocenters. The lowest BCUT2D eigenvalue weighted by Crippen LogP contribution is -2.53. The van der Waals surface area contributed by atoms with Gasteiger partial charge in [0.2, 0.25) is 10.8 Å². The first-order chi connectivity index (χ1) is 22.7. The highest BCUT2D eigenvalue weighted by Crippen LogP contribution is 2.44. The van der Waals surface area contributed by atoms with Gasteiger partial charge in [-0.2, -0.15) is 0 Å². The number of nitrogens with one attached hydrogen (secondary N) is 3. The first-order valence-electron chi connectivity index (χ1n) is 15.9. The number of nitrogens with zero attached hydrogens (tertiary/aromatic N) is 1. The Bertz CT molecular complexity index is 1490. The van der Waals surface area contributed by atoms with Crippen LogP contribution in [0.3, 0.4) is 0 Å². The lowest BCUT2D eigenvalue weighted by molar-refractivity contribution is -0.138. The number of thioether (sulfide) groups is 1. The lowest BCUT2D eigenvalue weighted by atomic mass is 9.87. The zero-order chi connectivity index (χ0) is 33.8. The topological polar surface area (TPSA) is 143 Å². The van der Waals surface area contributed by atoms with Crippen molar-refractivity contribution >= 4 is 52.3 Å². The molecule has 2 amide bonds. The number of carboxylic acid groups (broad SMARTS) is 1. The number of carbonyl (C=O) groups excluding carboxylic acids is 2. The molecular formula is C35H44N4O6S2. The van der Waals surface area contributed by atoms with Gasteiger partial charge in [0.15, 0.2) is 6.61 Å². The van der Waals surface area contributed by atoms with Gasteiger partial charge in [-0.05, 0) is 42.9 Å². The molecule has 0 bridgehead atoms. The molecule has 10 nitrogen and oxygen atoms in total. The Morgan fingerprint density at radius 1 is 1.04 bits per heavy atom. The fourth-order valence-corrected chi connectivity index (χ4v) is 7.54. The van der Waals surface area contributed by atoms with Crippen LogP contribution in [0.1, 0.15) is 64.0 Å². The number of ether oxygens (including phenoxy) is 1. The van der Waals surface area contributed by atoms with Crippen LogP contribution in [0, 0.1) is 0 Å². The summed E-state index contributed by atoms with van der Waals surface area (Å²) in [5, 5.41) is 14.0. The molecular weight excluding hydrogens is 637 g/mol. The van der Waals surface area contributed by atoms with Crippen molar-refractivity contribution in [2.24, 2.45) is 0 Å². The monoisotopic (exact) mass is 680 g/mol. The van der Waals surface area contributed by atoms with E-state index in [1.165, 1.54) is 11.8 Å². The van der Waals surface area contributed by atoms with Gasteiger partial charge in [0.25, 0.3) is 5.91 Å². The maximum Gasteiger partial charge on any atom is 0.322 e. The fourth-order valence-electron chi connectivity index (χ4n) is 5.64. The molecule has 0 saturated heterocycles. The van der Waals surface area contributed by atoms with Crippen molar-refractivity contribution in [1.82, 2.24) is 15.4 Å². The second-order valence-corrected chi connectivity index (χ2v) is 13.6. The molecule has 1 aliphatic heterocycles. The lowest BCUT2D eigenvalue weighted by Gasteiger charge is -2.36. The summed E-state index contributed by atoms with van der Waals surface area (Å²) in [7, 11) is 0. The minimum atomic E-state index is -1.57. The summed E-state index contributed by atoms with van der Waals surface area (Å²) >= 11 is -0.112. The average Bonchev–Trinajstić information content (AvgIpc) is 3.20. The number of aliphatic carboxylic acids is 1. The van der Waals surface area contributed by atoms with Crippen LogP contribution in [0.2, 0.25) is 0 Å². The van der Waals surface area contributed by atoms with E-state index in [2.05, 4.69) is 46.2 Å². The Morgan fingerprint density at radius 2 is 1.68 bits per heavy atom. The Balaban J connectivity index is 1.63. The molecule has 0 radical (unpaired) electrons. The summed E-state index contributed by atoms with van der Waals surface area (Å²) in [6.45, 7) is 3.99. The smallest absolute Gasteiger partial charge is 0.322 e. The van der Waals surface area contributed by atoms with E-state index in [1.54, 1.807) is 36.4 Å². The summed E-state index contributed by atoms with van der Waals surface area (Å²) < 4.78 is 23.7. The van der Waals surface area contributed by atoms with E-state index in [0.29, 0.717) is 22.8 Å². The van der Waals surface area contributed by atoms with E-state index in [4.69, 9.17) is 9.84 Å². The van der Waals surface area contributed by atoms with E-state index in [0.717, 1.165) is 54.8 Å². The molecule has 4 rings (SSSR count). The molecule has 252 valence electrons. The molecule has 3 aromatic carbocycles. The van der Waals surface area contributed by atoms with Crippen LogP contribution < -0.4 is 25.0 Å². The molecule has 47 heavy (non-hydrogen) atoms. The summed E-state index contributed by atoms with van der Waals surface area (Å²) in [5.41, 5.74) is 1.94. The maximum absolute atomic E-state index is 14.1. The first kappa shape index (κ1) is 36.1. The highest BCUT2D eigenvalue weighted by molar-refractivity contribution is 7.98. The molecule has 0 fully saturated rings. The maximum atomic E-state index is 14.1. The van der Waals surface area contributed by atoms with Crippen molar-refractivity contribution in [2.45, 2.75) is 73.7 Å². The number of anilines is 2. The van der Waals surface area contributed by atoms with E-state index in [1.807, 2.05) is 30.5 Å². The Morgan fingerprint density at radius 3 is 2.28 bits per heavy atom. The van der Waals surface area contributed by atoms with Crippen molar-refractivity contribution in [3.05, 3.63) is 78.4 Å². The van der Waals surface area contributed by atoms with Crippen LogP contribution in [0.4, 0.5) is 11.4 Å². The molecule has 0 saturated carbocycles. The second-order valence-electron chi connectivity index (χ2n) is 11.6. The molecule has 3 aromatic rings. The molecule has 1 aliphatic rings. The van der Waals surface area contributed by atoms with Crippen LogP contribution in [-0.4, -0.2) is 58.9 Å². The fraction of sp³-hybridized carbons (Fsp3) is 0.400. The van der Waals surface area contributed by atoms with Crippen LogP contribution in [0.5, 0.6) is 5.75 Å². The minimum absolute atomic E-state index is 0.375. The van der Waals surface area contributed by atoms with Gasteiger partial charge in [-0.15, -0.1) is 16.5 Å². The number of carbonyl (C=O) groups is 3. The first-order valence-corrected chi connectivity index (χ1v) is 18.3. The third-order valence-corrected chi connectivity index (χ3v) is 10.2. The van der Waals surface area contributed by atoms with E-state index in [9.17, 15) is 18.9 Å². The third-order valence-electron chi connectivity index (χ3n) is 8.06. The standard InChI is InChI=1S/C35H44N4O6S2/c1-4-6-18-35(19-7-5-2)24-39(26-16-12-9-13-17-26)27-20-29(46-3)28(21-30(27)47(44)38-35)45-23-31(40)37-33(25-14-10-8-11-15-25)34(43)36-22-32(41)42/h8-17,20-21,33,38H,4-7,18-19,22-24H2,1-3H3,(H,36,43)(H,37,40)(H,41,42). The van der Waals surface area contributed by atoms with Crippen LogP contribution in [-0.2, 0) is 25.7 Å². The normalized spacial score (nSPS) is 16.0. The van der Waals surface area contributed by atoms with Gasteiger partial charge in [-0.3, -0.25) is 14.4 Å². The molecule has 0 aromatic heterocycles. The highest BCUT2D eigenvalue weighted by atomic mass is 32.2. The third kappa shape index (κ3) is 9.66. The van der Waals surface area contributed by atoms with Gasteiger partial charge < -0.3 is 29.9 Å². The van der Waals surface area contributed by atoms with Gasteiger partial charge in [-0.1, -0.05) is 88.1 Å². The highest BCUT2D eigenvalue weighted by Gasteiger charge is 2.42. The number of amides is 2. The van der Waals surface area contributed by atoms with Crippen LogP contribution >= 0.6 is 11.8 Å². The predicted molar refractivity (Wildman–Crippen MR) is 186 cm³/mol. The number of unbranched alkanes of at least 4 members (excludes halogenated alkanes) is 2. The van der Waals surface area contributed by atoms with Gasteiger partial charge >= 0.3 is 5.97 Å². The average molecular weight is 681 g/mol. The Hall–Kier alpha value is -3.71. The van der Waals surface area contributed by atoms with Crippen molar-refractivity contribution in [1.29, 1.82) is 0 Å². The van der Waals surface area contributed by atoms with Gasteiger partial charge in [0.05, 0.1) is 21.8 Å². The number of carboxylic acids is 1. The van der Waals surface area contributed by atoms with Crippen molar-refractivity contribution in [3.8, 4) is 5.75 Å². The van der Waals surface area contributed by atoms with Gasteiger partial charge in [0.1, 0.15) is 24.0 Å². The van der Waals surface area contributed by atoms with E-state index >= 15 is 0 Å². The summed E-state index contributed by atoms with van der Waals surface area (Å²) in [4.78, 5) is 40.6. The van der Waals surface area contributed by atoms with Crippen LogP contribution in [0.25, 0.3) is 0 Å². The number of fused-ring (bicyclic) bond motifs is 1. The summed E-state index contributed by atoms with van der Waals surface area (Å²) in [5.74, 6) is -2.03.